The third-order valence-corrected chi connectivity index (χ3v) is 6.71. The lowest BCUT2D eigenvalue weighted by Crippen LogP contribution is -2.38. The van der Waals surface area contributed by atoms with Crippen LogP contribution in [0.2, 0.25) is 5.02 Å². The molecule has 0 aromatic heterocycles. The van der Waals surface area contributed by atoms with Gasteiger partial charge in [-0.15, -0.1) is 0 Å². The normalized spacial score (nSPS) is 14.0. The summed E-state index contributed by atoms with van der Waals surface area (Å²) in [7, 11) is 0. The second-order valence-corrected chi connectivity index (χ2v) is 10.0. The lowest BCUT2D eigenvalue weighted by Gasteiger charge is -2.15. The Morgan fingerprint density at radius 3 is 2.63 bits per heavy atom. The van der Waals surface area contributed by atoms with Crippen molar-refractivity contribution in [1.82, 2.24) is 10.2 Å². The van der Waals surface area contributed by atoms with E-state index in [0.717, 1.165) is 19.6 Å². The first-order chi connectivity index (χ1) is 18.2. The van der Waals surface area contributed by atoms with E-state index < -0.39 is 24.4 Å². The SMILES string of the molecule is CCOc1cc(/C=C2/NC(=O)N(CC(=O)Nc3cccc(C)c3)C2=O)cc(I)c1OCc1ccccc1Cl. The van der Waals surface area contributed by atoms with E-state index in [4.69, 9.17) is 21.1 Å². The Morgan fingerprint density at radius 1 is 1.11 bits per heavy atom. The number of hydrogen-bond acceptors (Lipinski definition) is 5. The Morgan fingerprint density at radius 2 is 1.89 bits per heavy atom. The van der Waals surface area contributed by atoms with Gasteiger partial charge in [-0.3, -0.25) is 9.59 Å². The van der Waals surface area contributed by atoms with Crippen molar-refractivity contribution in [1.29, 1.82) is 0 Å². The van der Waals surface area contributed by atoms with Crippen LogP contribution in [0.3, 0.4) is 0 Å². The van der Waals surface area contributed by atoms with Crippen LogP contribution in [0.5, 0.6) is 11.5 Å². The van der Waals surface area contributed by atoms with Gasteiger partial charge in [0, 0.05) is 16.3 Å². The van der Waals surface area contributed by atoms with Crippen LogP contribution < -0.4 is 20.1 Å². The molecule has 1 aliphatic rings. The fourth-order valence-corrected chi connectivity index (χ4v) is 4.76. The molecule has 0 bridgehead atoms. The summed E-state index contributed by atoms with van der Waals surface area (Å²) in [5.41, 5.74) is 3.08. The molecule has 0 aliphatic carbocycles. The van der Waals surface area contributed by atoms with Crippen molar-refractivity contribution >= 4 is 63.8 Å². The monoisotopic (exact) mass is 645 g/mol. The zero-order chi connectivity index (χ0) is 27.2. The zero-order valence-corrected chi connectivity index (χ0v) is 23.6. The van der Waals surface area contributed by atoms with Gasteiger partial charge in [-0.1, -0.05) is 41.9 Å². The summed E-state index contributed by atoms with van der Waals surface area (Å²) < 4.78 is 12.6. The van der Waals surface area contributed by atoms with E-state index in [-0.39, 0.29) is 12.3 Å². The second kappa shape index (κ2) is 12.3. The van der Waals surface area contributed by atoms with Gasteiger partial charge in [0.1, 0.15) is 18.8 Å². The third kappa shape index (κ3) is 6.65. The van der Waals surface area contributed by atoms with Crippen LogP contribution in [0.15, 0.2) is 66.4 Å². The minimum absolute atomic E-state index is 0.0568. The molecule has 4 rings (SSSR count). The Kier molecular flexibility index (Phi) is 8.90. The van der Waals surface area contributed by atoms with Gasteiger partial charge in [-0.05, 0) is 84.0 Å². The van der Waals surface area contributed by atoms with Gasteiger partial charge >= 0.3 is 6.03 Å². The van der Waals surface area contributed by atoms with Crippen molar-refractivity contribution in [3.05, 3.63) is 91.6 Å². The van der Waals surface area contributed by atoms with Gasteiger partial charge in [-0.2, -0.15) is 0 Å². The van der Waals surface area contributed by atoms with Gasteiger partial charge in [0.15, 0.2) is 11.5 Å². The molecule has 3 aromatic rings. The van der Waals surface area contributed by atoms with Gasteiger partial charge in [-0.25, -0.2) is 9.69 Å². The number of carbonyl (C=O) groups excluding carboxylic acids is 3. The Bertz CT molecular complexity index is 1430. The summed E-state index contributed by atoms with van der Waals surface area (Å²) in [5.74, 6) is -0.0369. The van der Waals surface area contributed by atoms with E-state index in [1.165, 1.54) is 0 Å². The van der Waals surface area contributed by atoms with Crippen molar-refractivity contribution in [2.24, 2.45) is 0 Å². The van der Waals surface area contributed by atoms with Crippen LogP contribution in [-0.4, -0.2) is 35.9 Å². The number of nitrogens with zero attached hydrogens (tertiary/aromatic N) is 1. The van der Waals surface area contributed by atoms with Crippen LogP contribution in [-0.2, 0) is 16.2 Å². The van der Waals surface area contributed by atoms with Gasteiger partial charge in [0.2, 0.25) is 5.91 Å². The highest BCUT2D eigenvalue weighted by Crippen LogP contribution is 2.36. The van der Waals surface area contributed by atoms with Crippen LogP contribution in [0.1, 0.15) is 23.6 Å². The van der Waals surface area contributed by atoms with Crippen molar-refractivity contribution in [2.75, 3.05) is 18.5 Å². The van der Waals surface area contributed by atoms with E-state index >= 15 is 0 Å². The molecule has 10 heteroatoms. The summed E-state index contributed by atoms with van der Waals surface area (Å²) in [6.07, 6.45) is 1.54. The van der Waals surface area contributed by atoms with Crippen molar-refractivity contribution in [3.8, 4) is 11.5 Å². The molecule has 0 saturated carbocycles. The van der Waals surface area contributed by atoms with Crippen LogP contribution >= 0.6 is 34.2 Å². The predicted molar refractivity (Wildman–Crippen MR) is 154 cm³/mol. The molecule has 38 heavy (non-hydrogen) atoms. The Balaban J connectivity index is 1.50. The summed E-state index contributed by atoms with van der Waals surface area (Å²) in [6.45, 7) is 4.00. The van der Waals surface area contributed by atoms with Crippen LogP contribution in [0.4, 0.5) is 10.5 Å². The number of rotatable bonds is 9. The minimum Gasteiger partial charge on any atom is -0.490 e. The zero-order valence-electron chi connectivity index (χ0n) is 20.7. The summed E-state index contributed by atoms with van der Waals surface area (Å²) >= 11 is 8.38. The smallest absolute Gasteiger partial charge is 0.329 e. The van der Waals surface area contributed by atoms with Crippen molar-refractivity contribution in [3.63, 3.8) is 0 Å². The molecule has 3 aromatic carbocycles. The topological polar surface area (TPSA) is 97.0 Å². The molecular formula is C28H25ClIN3O5. The molecule has 1 saturated heterocycles. The van der Waals surface area contributed by atoms with E-state index in [2.05, 4.69) is 33.2 Å². The van der Waals surface area contributed by atoms with Crippen molar-refractivity contribution in [2.45, 2.75) is 20.5 Å². The predicted octanol–water partition coefficient (Wildman–Crippen LogP) is 5.76. The number of amides is 4. The number of carbonyl (C=O) groups is 3. The fourth-order valence-electron chi connectivity index (χ4n) is 3.79. The number of benzene rings is 3. The number of nitrogens with one attached hydrogen (secondary N) is 2. The lowest BCUT2D eigenvalue weighted by atomic mass is 10.1. The average Bonchev–Trinajstić information content (AvgIpc) is 3.12. The maximum absolute atomic E-state index is 12.9. The van der Waals surface area contributed by atoms with Gasteiger partial charge < -0.3 is 20.1 Å². The molecule has 0 radical (unpaired) electrons. The van der Waals surface area contributed by atoms with Crippen molar-refractivity contribution < 1.29 is 23.9 Å². The first kappa shape index (κ1) is 27.5. The molecule has 0 spiro atoms. The minimum atomic E-state index is -0.667. The largest absolute Gasteiger partial charge is 0.490 e. The first-order valence-corrected chi connectivity index (χ1v) is 13.2. The molecule has 4 amide bonds. The Labute approximate surface area is 239 Å². The molecule has 1 heterocycles. The lowest BCUT2D eigenvalue weighted by molar-refractivity contribution is -0.127. The average molecular weight is 646 g/mol. The molecule has 1 aliphatic heterocycles. The fraction of sp³-hybridized carbons (Fsp3) is 0.179. The standard InChI is InChI=1S/C28H25ClIN3O5/c1-3-37-24-14-18(12-22(30)26(24)38-16-19-8-4-5-10-21(19)29)13-23-27(35)33(28(36)32-23)15-25(34)31-20-9-6-7-17(2)11-20/h4-14H,3,15-16H2,1-2H3,(H,31,34)(H,32,36)/b23-13+. The summed E-state index contributed by atoms with van der Waals surface area (Å²) in [4.78, 5) is 38.8. The number of halogens is 2. The number of anilines is 1. The van der Waals surface area contributed by atoms with Crippen LogP contribution in [0, 0.1) is 10.5 Å². The highest BCUT2D eigenvalue weighted by Gasteiger charge is 2.35. The maximum Gasteiger partial charge on any atom is 0.329 e. The molecule has 2 N–H and O–H groups in total. The number of hydrogen-bond donors (Lipinski definition) is 2. The Hall–Kier alpha value is -3.57. The third-order valence-electron chi connectivity index (χ3n) is 5.54. The highest BCUT2D eigenvalue weighted by atomic mass is 127. The number of imide groups is 1. The molecule has 196 valence electrons. The quantitative estimate of drug-likeness (QED) is 0.175. The van der Waals surface area contributed by atoms with E-state index in [0.29, 0.717) is 34.4 Å². The molecular weight excluding hydrogens is 621 g/mol. The van der Waals surface area contributed by atoms with Crippen LogP contribution in [0.25, 0.3) is 6.08 Å². The number of aryl methyl sites for hydroxylation is 1. The van der Waals surface area contributed by atoms with E-state index in [1.807, 2.05) is 50.2 Å². The first-order valence-electron chi connectivity index (χ1n) is 11.8. The van der Waals surface area contributed by atoms with Gasteiger partial charge in [0.05, 0.1) is 10.2 Å². The van der Waals surface area contributed by atoms with E-state index in [1.54, 1.807) is 30.3 Å². The second-order valence-electron chi connectivity index (χ2n) is 8.44. The molecule has 8 nitrogen and oxygen atoms in total. The molecule has 0 unspecified atom stereocenters. The van der Waals surface area contributed by atoms with E-state index in [9.17, 15) is 14.4 Å². The summed E-state index contributed by atoms with van der Waals surface area (Å²) in [6, 6.07) is 17.5. The molecule has 0 atom stereocenters. The number of ether oxygens (including phenoxy) is 2. The summed E-state index contributed by atoms with van der Waals surface area (Å²) in [5, 5.41) is 5.86. The number of urea groups is 1. The van der Waals surface area contributed by atoms with Gasteiger partial charge in [0.25, 0.3) is 5.91 Å². The highest BCUT2D eigenvalue weighted by molar-refractivity contribution is 14.1. The molecule has 1 fully saturated rings. The maximum atomic E-state index is 12.9.